The van der Waals surface area contributed by atoms with Gasteiger partial charge in [-0.2, -0.15) is 4.99 Å². The average Bonchev–Trinajstić information content (AvgIpc) is 2.09. The first-order valence-electron chi connectivity index (χ1n) is 3.93. The first kappa shape index (κ1) is 9.62. The molecule has 1 aromatic rings. The lowest BCUT2D eigenvalue weighted by atomic mass is 10.1. The molecule has 68 valence electrons. The first-order chi connectivity index (χ1) is 6.15. The van der Waals surface area contributed by atoms with E-state index in [1.165, 1.54) is 6.08 Å². The highest BCUT2D eigenvalue weighted by molar-refractivity contribution is 5.37. The maximum absolute atomic E-state index is 13.1. The van der Waals surface area contributed by atoms with Gasteiger partial charge in [0.1, 0.15) is 0 Å². The summed E-state index contributed by atoms with van der Waals surface area (Å²) in [5.74, 6) is 0. The number of rotatable bonds is 2. The minimum absolute atomic E-state index is 0.434. The second-order valence-electron chi connectivity index (χ2n) is 2.92. The Balaban J connectivity index is 3.12. The third-order valence-electron chi connectivity index (χ3n) is 1.86. The molecule has 1 rings (SSSR count). The highest BCUT2D eigenvalue weighted by Crippen LogP contribution is 2.22. The Labute approximate surface area is 76.1 Å². The van der Waals surface area contributed by atoms with Crippen molar-refractivity contribution in [2.75, 3.05) is 0 Å². The number of hydrogen-bond acceptors (Lipinski definition) is 2. The molecule has 0 aliphatic heterocycles. The number of carbonyl (C=O) groups excluding carboxylic acids is 1. The summed E-state index contributed by atoms with van der Waals surface area (Å²) < 4.78 is 13.1. The molecule has 1 atom stereocenters. The molecule has 0 N–H and O–H groups in total. The summed E-state index contributed by atoms with van der Waals surface area (Å²) in [6.45, 7) is 3.64. The Bertz CT molecular complexity index is 356. The van der Waals surface area contributed by atoms with Crippen LogP contribution in [0.4, 0.5) is 4.39 Å². The second-order valence-corrected chi connectivity index (χ2v) is 2.92. The molecular weight excluding hydrogens is 169 g/mol. The van der Waals surface area contributed by atoms with Crippen LogP contribution in [0.15, 0.2) is 23.2 Å². The number of nitrogens with zero attached hydrogens (tertiary/aromatic N) is 1. The molecule has 2 nitrogen and oxygen atoms in total. The topological polar surface area (TPSA) is 29.4 Å². The fourth-order valence-electron chi connectivity index (χ4n) is 1.13. The van der Waals surface area contributed by atoms with Crippen LogP contribution in [0.5, 0.6) is 0 Å². The van der Waals surface area contributed by atoms with Crippen molar-refractivity contribution in [1.82, 2.24) is 0 Å². The molecule has 1 unspecified atom stereocenters. The number of aryl methyl sites for hydroxylation is 2. The zero-order valence-electron chi connectivity index (χ0n) is 7.54. The van der Waals surface area contributed by atoms with Crippen molar-refractivity contribution < 1.29 is 9.18 Å². The van der Waals surface area contributed by atoms with Crippen molar-refractivity contribution in [3.05, 3.63) is 34.9 Å². The fraction of sp³-hybridized carbons (Fsp3) is 0.300. The number of alkyl halides is 1. The van der Waals surface area contributed by atoms with E-state index in [0.717, 1.165) is 11.1 Å². The molecule has 0 bridgehead atoms. The van der Waals surface area contributed by atoms with Crippen LogP contribution >= 0.6 is 0 Å². The lowest BCUT2D eigenvalue weighted by Crippen LogP contribution is -1.92. The van der Waals surface area contributed by atoms with Gasteiger partial charge in [-0.05, 0) is 19.4 Å². The van der Waals surface area contributed by atoms with E-state index in [9.17, 15) is 9.18 Å². The van der Waals surface area contributed by atoms with Crippen molar-refractivity contribution in [2.24, 2.45) is 4.99 Å². The van der Waals surface area contributed by atoms with Crippen LogP contribution in [0.3, 0.4) is 0 Å². The van der Waals surface area contributed by atoms with Crippen LogP contribution in [-0.2, 0) is 4.79 Å². The fourth-order valence-corrected chi connectivity index (χ4v) is 1.13. The molecule has 0 heterocycles. The minimum atomic E-state index is -1.59. The van der Waals surface area contributed by atoms with Gasteiger partial charge in [0, 0.05) is 5.56 Å². The SMILES string of the molecule is Cc1ccc(C)c(C(F)N=C=O)c1. The molecule has 0 saturated carbocycles. The molecule has 0 aliphatic rings. The summed E-state index contributed by atoms with van der Waals surface area (Å²) in [5.41, 5.74) is 2.17. The Hall–Kier alpha value is -1.47. The van der Waals surface area contributed by atoms with Crippen LogP contribution in [0, 0.1) is 13.8 Å². The molecule has 0 aliphatic carbocycles. The summed E-state index contributed by atoms with van der Waals surface area (Å²) in [7, 11) is 0. The molecule has 0 radical (unpaired) electrons. The van der Waals surface area contributed by atoms with Gasteiger partial charge in [-0.25, -0.2) is 9.18 Å². The van der Waals surface area contributed by atoms with Crippen LogP contribution in [0.25, 0.3) is 0 Å². The van der Waals surface area contributed by atoms with Gasteiger partial charge in [0.05, 0.1) is 0 Å². The van der Waals surface area contributed by atoms with Gasteiger partial charge in [0.2, 0.25) is 12.4 Å². The summed E-state index contributed by atoms with van der Waals surface area (Å²) in [5, 5.41) is 0. The Morgan fingerprint density at radius 3 is 2.77 bits per heavy atom. The number of halogens is 1. The van der Waals surface area contributed by atoms with Gasteiger partial charge in [0.15, 0.2) is 0 Å². The Kier molecular flexibility index (Phi) is 2.93. The number of aliphatic imine (C=N–C) groups is 1. The quantitative estimate of drug-likeness (QED) is 0.390. The van der Waals surface area contributed by atoms with E-state index >= 15 is 0 Å². The first-order valence-corrected chi connectivity index (χ1v) is 3.93. The average molecular weight is 179 g/mol. The number of benzene rings is 1. The van der Waals surface area contributed by atoms with Crippen LogP contribution in [0.1, 0.15) is 23.0 Å². The van der Waals surface area contributed by atoms with Crippen LogP contribution in [0.2, 0.25) is 0 Å². The van der Waals surface area contributed by atoms with Gasteiger partial charge < -0.3 is 0 Å². The third kappa shape index (κ3) is 2.23. The molecule has 0 amide bonds. The normalized spacial score (nSPS) is 11.9. The predicted molar refractivity (Wildman–Crippen MR) is 47.9 cm³/mol. The maximum atomic E-state index is 13.1. The number of hydrogen-bond donors (Lipinski definition) is 0. The molecule has 0 saturated heterocycles. The highest BCUT2D eigenvalue weighted by atomic mass is 19.1. The zero-order chi connectivity index (χ0) is 9.84. The molecule has 13 heavy (non-hydrogen) atoms. The zero-order valence-corrected chi connectivity index (χ0v) is 7.54. The van der Waals surface area contributed by atoms with E-state index < -0.39 is 6.30 Å². The van der Waals surface area contributed by atoms with E-state index in [-0.39, 0.29) is 0 Å². The van der Waals surface area contributed by atoms with Crippen LogP contribution in [-0.4, -0.2) is 6.08 Å². The van der Waals surface area contributed by atoms with Crippen molar-refractivity contribution in [3.63, 3.8) is 0 Å². The van der Waals surface area contributed by atoms with E-state index in [0.29, 0.717) is 5.56 Å². The van der Waals surface area contributed by atoms with Gasteiger partial charge in [0.25, 0.3) is 0 Å². The van der Waals surface area contributed by atoms with E-state index in [1.807, 2.05) is 13.0 Å². The Morgan fingerprint density at radius 1 is 1.46 bits per heavy atom. The van der Waals surface area contributed by atoms with Gasteiger partial charge >= 0.3 is 0 Å². The van der Waals surface area contributed by atoms with Gasteiger partial charge in [-0.1, -0.05) is 23.8 Å². The lowest BCUT2D eigenvalue weighted by molar-refractivity contribution is 0.355. The van der Waals surface area contributed by atoms with E-state index in [2.05, 4.69) is 4.99 Å². The van der Waals surface area contributed by atoms with Crippen molar-refractivity contribution >= 4 is 6.08 Å². The molecule has 3 heteroatoms. The van der Waals surface area contributed by atoms with E-state index in [4.69, 9.17) is 0 Å². The van der Waals surface area contributed by atoms with Gasteiger partial charge in [-0.3, -0.25) is 0 Å². The second kappa shape index (κ2) is 3.97. The summed E-state index contributed by atoms with van der Waals surface area (Å²) in [6, 6.07) is 5.37. The van der Waals surface area contributed by atoms with Gasteiger partial charge in [-0.15, -0.1) is 0 Å². The molecule has 0 spiro atoms. The standard InChI is InChI=1S/C10H10FNO/c1-7-3-4-8(2)9(5-7)10(11)12-6-13/h3-5,10H,1-2H3. The monoisotopic (exact) mass is 179 g/mol. The predicted octanol–water partition coefficient (Wildman–Crippen LogP) is 2.61. The third-order valence-corrected chi connectivity index (χ3v) is 1.86. The smallest absolute Gasteiger partial charge is 0.215 e. The lowest BCUT2D eigenvalue weighted by Gasteiger charge is -2.06. The summed E-state index contributed by atoms with van der Waals surface area (Å²) in [6.07, 6.45) is -0.373. The minimum Gasteiger partial charge on any atom is -0.215 e. The largest absolute Gasteiger partial charge is 0.238 e. The van der Waals surface area contributed by atoms with Crippen LogP contribution < -0.4 is 0 Å². The van der Waals surface area contributed by atoms with E-state index in [1.54, 1.807) is 19.1 Å². The highest BCUT2D eigenvalue weighted by Gasteiger charge is 2.10. The molecule has 0 aromatic heterocycles. The summed E-state index contributed by atoms with van der Waals surface area (Å²) in [4.78, 5) is 12.9. The Morgan fingerprint density at radius 2 is 2.15 bits per heavy atom. The molecule has 0 fully saturated rings. The van der Waals surface area contributed by atoms with Crippen molar-refractivity contribution in [3.8, 4) is 0 Å². The molecule has 1 aromatic carbocycles. The summed E-state index contributed by atoms with van der Waals surface area (Å²) >= 11 is 0. The maximum Gasteiger partial charge on any atom is 0.238 e. The van der Waals surface area contributed by atoms with Crippen molar-refractivity contribution in [2.45, 2.75) is 20.1 Å². The molecular formula is C10H10FNO. The number of isocyanates is 1. The van der Waals surface area contributed by atoms with Crippen molar-refractivity contribution in [1.29, 1.82) is 0 Å².